The summed E-state index contributed by atoms with van der Waals surface area (Å²) in [5.41, 5.74) is 1.09. The smallest absolute Gasteiger partial charge is 0.291 e. The van der Waals surface area contributed by atoms with Gasteiger partial charge in [-0.1, -0.05) is 6.07 Å². The van der Waals surface area contributed by atoms with Crippen molar-refractivity contribution in [2.75, 3.05) is 16.8 Å². The van der Waals surface area contributed by atoms with Crippen molar-refractivity contribution in [3.63, 3.8) is 0 Å². The first-order valence-electron chi connectivity index (χ1n) is 7.67. The third kappa shape index (κ3) is 4.42. The van der Waals surface area contributed by atoms with Gasteiger partial charge in [0.15, 0.2) is 10.4 Å². The zero-order valence-corrected chi connectivity index (χ0v) is 15.3. The molecule has 1 aromatic heterocycles. The van der Waals surface area contributed by atoms with Crippen LogP contribution in [0.1, 0.15) is 33.8 Å². The van der Waals surface area contributed by atoms with Gasteiger partial charge in [-0.2, -0.15) is 11.8 Å². The van der Waals surface area contributed by atoms with Crippen molar-refractivity contribution in [3.05, 3.63) is 52.4 Å². The third-order valence-electron chi connectivity index (χ3n) is 3.74. The number of furan rings is 1. The van der Waals surface area contributed by atoms with Crippen LogP contribution < -0.4 is 10.6 Å². The van der Waals surface area contributed by atoms with E-state index in [1.165, 1.54) is 0 Å². The molecule has 1 fully saturated rings. The molecule has 0 spiro atoms. The first-order valence-corrected chi connectivity index (χ1v) is 9.62. The molecule has 126 valence electrons. The molecule has 2 heterocycles. The first kappa shape index (κ1) is 17.1. The van der Waals surface area contributed by atoms with Gasteiger partial charge in [0.1, 0.15) is 0 Å². The van der Waals surface area contributed by atoms with Crippen LogP contribution in [0.3, 0.4) is 0 Å². The molecule has 2 aromatic rings. The summed E-state index contributed by atoms with van der Waals surface area (Å²) < 4.78 is 5.71. The fourth-order valence-corrected chi connectivity index (χ4v) is 3.89. The van der Waals surface area contributed by atoms with Gasteiger partial charge in [0.05, 0.1) is 0 Å². The molecule has 5 nitrogen and oxygen atoms in total. The standard InChI is InChI=1S/C17H17BrN2O3S/c18-15-5-4-14(23-15)17(22)20-13-3-1-2-11(10-13)16(21)19-12-6-8-24-9-7-12/h1-5,10,12H,6-9H2,(H,19,21)(H,20,22). The molecule has 1 aromatic carbocycles. The van der Waals surface area contributed by atoms with E-state index >= 15 is 0 Å². The summed E-state index contributed by atoms with van der Waals surface area (Å²) in [6, 6.07) is 10.4. The number of anilines is 1. The fourth-order valence-electron chi connectivity index (χ4n) is 2.48. The van der Waals surface area contributed by atoms with E-state index in [0.29, 0.717) is 15.9 Å². The van der Waals surface area contributed by atoms with E-state index < -0.39 is 0 Å². The molecule has 2 amide bonds. The lowest BCUT2D eigenvalue weighted by Gasteiger charge is -2.22. The minimum absolute atomic E-state index is 0.108. The normalized spacial score (nSPS) is 15.0. The minimum Gasteiger partial charge on any atom is -0.444 e. The van der Waals surface area contributed by atoms with Crippen LogP contribution in [0.4, 0.5) is 5.69 Å². The summed E-state index contributed by atoms with van der Waals surface area (Å²) in [5.74, 6) is 1.90. The fraction of sp³-hybridized carbons (Fsp3) is 0.294. The Morgan fingerprint density at radius 3 is 2.62 bits per heavy atom. The van der Waals surface area contributed by atoms with Crippen molar-refractivity contribution in [1.82, 2.24) is 5.32 Å². The van der Waals surface area contributed by atoms with Crippen LogP contribution in [0, 0.1) is 0 Å². The third-order valence-corrected chi connectivity index (χ3v) is 5.21. The number of halogens is 1. The average Bonchev–Trinajstić information content (AvgIpc) is 3.03. The van der Waals surface area contributed by atoms with Crippen LogP contribution in [-0.2, 0) is 0 Å². The number of rotatable bonds is 4. The van der Waals surface area contributed by atoms with E-state index in [4.69, 9.17) is 4.42 Å². The first-order chi connectivity index (χ1) is 11.6. The van der Waals surface area contributed by atoms with Crippen molar-refractivity contribution in [3.8, 4) is 0 Å². The highest BCUT2D eigenvalue weighted by Crippen LogP contribution is 2.19. The number of benzene rings is 1. The van der Waals surface area contributed by atoms with E-state index in [1.807, 2.05) is 11.8 Å². The second-order valence-electron chi connectivity index (χ2n) is 5.50. The summed E-state index contributed by atoms with van der Waals surface area (Å²) in [5, 5.41) is 5.79. The second kappa shape index (κ2) is 7.90. The molecule has 2 N–H and O–H groups in total. The van der Waals surface area contributed by atoms with Gasteiger partial charge < -0.3 is 15.1 Å². The van der Waals surface area contributed by atoms with Crippen molar-refractivity contribution < 1.29 is 14.0 Å². The van der Waals surface area contributed by atoms with Crippen LogP contribution in [0.15, 0.2) is 45.5 Å². The topological polar surface area (TPSA) is 71.3 Å². The van der Waals surface area contributed by atoms with Crippen molar-refractivity contribution >= 4 is 45.2 Å². The summed E-state index contributed by atoms with van der Waals surface area (Å²) in [6.45, 7) is 0. The highest BCUT2D eigenvalue weighted by atomic mass is 79.9. The van der Waals surface area contributed by atoms with E-state index in [-0.39, 0.29) is 23.6 Å². The predicted octanol–water partition coefficient (Wildman–Crippen LogP) is 3.92. The molecule has 1 aliphatic heterocycles. The number of hydrogen-bond acceptors (Lipinski definition) is 4. The number of carbonyl (C=O) groups is 2. The van der Waals surface area contributed by atoms with Crippen LogP contribution in [0.25, 0.3) is 0 Å². The maximum Gasteiger partial charge on any atom is 0.291 e. The van der Waals surface area contributed by atoms with E-state index in [2.05, 4.69) is 26.6 Å². The van der Waals surface area contributed by atoms with Crippen LogP contribution >= 0.6 is 27.7 Å². The molecular formula is C17H17BrN2O3S. The quantitative estimate of drug-likeness (QED) is 0.803. The highest BCUT2D eigenvalue weighted by Gasteiger charge is 2.17. The van der Waals surface area contributed by atoms with Crippen LogP contribution in [0.5, 0.6) is 0 Å². The maximum absolute atomic E-state index is 12.4. The van der Waals surface area contributed by atoms with Gasteiger partial charge in [-0.05, 0) is 70.6 Å². The molecule has 0 saturated carbocycles. The van der Waals surface area contributed by atoms with E-state index in [9.17, 15) is 9.59 Å². The van der Waals surface area contributed by atoms with Crippen molar-refractivity contribution in [2.45, 2.75) is 18.9 Å². The number of nitrogens with one attached hydrogen (secondary N) is 2. The van der Waals surface area contributed by atoms with E-state index in [0.717, 1.165) is 24.3 Å². The lowest BCUT2D eigenvalue weighted by atomic mass is 10.1. The Morgan fingerprint density at radius 1 is 1.12 bits per heavy atom. The molecule has 0 unspecified atom stereocenters. The maximum atomic E-state index is 12.4. The molecule has 1 saturated heterocycles. The second-order valence-corrected chi connectivity index (χ2v) is 7.51. The molecule has 1 aliphatic rings. The van der Waals surface area contributed by atoms with Crippen LogP contribution in [-0.4, -0.2) is 29.4 Å². The molecule has 3 rings (SSSR count). The van der Waals surface area contributed by atoms with Crippen molar-refractivity contribution in [2.24, 2.45) is 0 Å². The Balaban J connectivity index is 1.64. The zero-order chi connectivity index (χ0) is 16.9. The van der Waals surface area contributed by atoms with Gasteiger partial charge in [-0.25, -0.2) is 0 Å². The average molecular weight is 409 g/mol. The molecule has 0 aliphatic carbocycles. The van der Waals surface area contributed by atoms with Crippen LogP contribution in [0.2, 0.25) is 0 Å². The van der Waals surface area contributed by atoms with Gasteiger partial charge in [0, 0.05) is 17.3 Å². The number of carbonyl (C=O) groups excluding carboxylic acids is 2. The molecule has 0 atom stereocenters. The Bertz CT molecular complexity index is 741. The molecule has 0 radical (unpaired) electrons. The largest absolute Gasteiger partial charge is 0.444 e. The highest BCUT2D eigenvalue weighted by molar-refractivity contribution is 9.10. The Kier molecular flexibility index (Phi) is 5.63. The summed E-state index contributed by atoms with van der Waals surface area (Å²) in [7, 11) is 0. The zero-order valence-electron chi connectivity index (χ0n) is 12.9. The van der Waals surface area contributed by atoms with Crippen molar-refractivity contribution in [1.29, 1.82) is 0 Å². The Morgan fingerprint density at radius 2 is 1.92 bits per heavy atom. The minimum atomic E-state index is -0.359. The summed E-state index contributed by atoms with van der Waals surface area (Å²) in [4.78, 5) is 24.5. The van der Waals surface area contributed by atoms with Gasteiger partial charge in [0.2, 0.25) is 0 Å². The SMILES string of the molecule is O=C(NC1CCSCC1)c1cccc(NC(=O)c2ccc(Br)o2)c1. The molecule has 7 heteroatoms. The molecular weight excluding hydrogens is 392 g/mol. The monoisotopic (exact) mass is 408 g/mol. The summed E-state index contributed by atoms with van der Waals surface area (Å²) in [6.07, 6.45) is 2.00. The molecule has 0 bridgehead atoms. The number of amides is 2. The Hall–Kier alpha value is -1.73. The van der Waals surface area contributed by atoms with Gasteiger partial charge in [-0.3, -0.25) is 9.59 Å². The molecule has 24 heavy (non-hydrogen) atoms. The van der Waals surface area contributed by atoms with E-state index in [1.54, 1.807) is 36.4 Å². The van der Waals surface area contributed by atoms with Gasteiger partial charge >= 0.3 is 0 Å². The van der Waals surface area contributed by atoms with Gasteiger partial charge in [0.25, 0.3) is 11.8 Å². The number of thioether (sulfide) groups is 1. The predicted molar refractivity (Wildman–Crippen MR) is 98.6 cm³/mol. The number of hydrogen-bond donors (Lipinski definition) is 2. The lowest BCUT2D eigenvalue weighted by Crippen LogP contribution is -2.37. The van der Waals surface area contributed by atoms with Gasteiger partial charge in [-0.15, -0.1) is 0 Å². The summed E-state index contributed by atoms with van der Waals surface area (Å²) >= 11 is 5.08. The Labute approximate surface area is 152 Å². The lowest BCUT2D eigenvalue weighted by molar-refractivity contribution is 0.0933.